The van der Waals surface area contributed by atoms with Crippen LogP contribution in [0.5, 0.6) is 5.75 Å². The van der Waals surface area contributed by atoms with Crippen molar-refractivity contribution in [2.45, 2.75) is 26.3 Å². The summed E-state index contributed by atoms with van der Waals surface area (Å²) in [6, 6.07) is 7.80. The van der Waals surface area contributed by atoms with Crippen molar-refractivity contribution < 1.29 is 5.11 Å². The third kappa shape index (κ3) is 4.36. The van der Waals surface area contributed by atoms with Crippen LogP contribution in [0.3, 0.4) is 0 Å². The van der Waals surface area contributed by atoms with Crippen molar-refractivity contribution in [2.75, 3.05) is 26.7 Å². The van der Waals surface area contributed by atoms with E-state index in [9.17, 15) is 5.11 Å². The van der Waals surface area contributed by atoms with Crippen LogP contribution in [0.1, 0.15) is 31.9 Å². The highest BCUT2D eigenvalue weighted by Gasteiger charge is 2.11. The summed E-state index contributed by atoms with van der Waals surface area (Å²) in [5.74, 6) is 0.385. The summed E-state index contributed by atoms with van der Waals surface area (Å²) in [7, 11) is 2.11. The minimum Gasteiger partial charge on any atom is -0.508 e. The maximum atomic E-state index is 9.82. The highest BCUT2D eigenvalue weighted by molar-refractivity contribution is 5.34. The van der Waals surface area contributed by atoms with E-state index in [0.29, 0.717) is 5.75 Å². The van der Waals surface area contributed by atoms with E-state index in [1.54, 1.807) is 6.07 Å². The highest BCUT2D eigenvalue weighted by atomic mass is 16.3. The number of hydrogen-bond acceptors (Lipinski definition) is 3. The predicted molar refractivity (Wildman–Crippen MR) is 72.3 cm³/mol. The van der Waals surface area contributed by atoms with E-state index in [1.807, 2.05) is 18.2 Å². The van der Waals surface area contributed by atoms with Crippen molar-refractivity contribution in [3.8, 4) is 5.75 Å². The van der Waals surface area contributed by atoms with E-state index in [1.165, 1.54) is 0 Å². The number of nitrogens with zero attached hydrogens (tertiary/aromatic N) is 1. The molecule has 0 aliphatic carbocycles. The summed E-state index contributed by atoms with van der Waals surface area (Å²) in [5, 5.41) is 13.3. The Morgan fingerprint density at radius 3 is 2.59 bits per heavy atom. The van der Waals surface area contributed by atoms with E-state index in [4.69, 9.17) is 0 Å². The predicted octanol–water partition coefficient (Wildman–Crippen LogP) is 2.38. The number of hydrogen-bond donors (Lipinski definition) is 2. The fraction of sp³-hybridized carbons (Fsp3) is 0.571. The Bertz CT molecular complexity index is 328. The van der Waals surface area contributed by atoms with Crippen LogP contribution in [-0.4, -0.2) is 36.7 Å². The fourth-order valence-corrected chi connectivity index (χ4v) is 1.84. The first-order chi connectivity index (χ1) is 8.19. The van der Waals surface area contributed by atoms with Gasteiger partial charge >= 0.3 is 0 Å². The van der Waals surface area contributed by atoms with Gasteiger partial charge in [-0.2, -0.15) is 0 Å². The maximum Gasteiger partial charge on any atom is 0.120 e. The van der Waals surface area contributed by atoms with Gasteiger partial charge in [-0.1, -0.05) is 32.0 Å². The molecule has 1 unspecified atom stereocenters. The molecular weight excluding hydrogens is 212 g/mol. The molecule has 0 aliphatic heterocycles. The number of nitrogens with one attached hydrogen (secondary N) is 1. The average molecular weight is 236 g/mol. The second-order valence-corrected chi connectivity index (χ2v) is 4.37. The number of aromatic hydroxyl groups is 1. The summed E-state index contributed by atoms with van der Waals surface area (Å²) in [5.41, 5.74) is 0.995. The zero-order valence-electron chi connectivity index (χ0n) is 11.1. The number of phenolic OH excluding ortho intramolecular Hbond substituents is 1. The first kappa shape index (κ1) is 14.0. The molecule has 1 aromatic rings. The summed E-state index contributed by atoms with van der Waals surface area (Å²) in [6.07, 6.45) is 0.980. The molecule has 3 heteroatoms. The highest BCUT2D eigenvalue weighted by Crippen LogP contribution is 2.25. The van der Waals surface area contributed by atoms with Crippen molar-refractivity contribution in [3.63, 3.8) is 0 Å². The fourth-order valence-electron chi connectivity index (χ4n) is 1.84. The van der Waals surface area contributed by atoms with Crippen LogP contribution in [0.2, 0.25) is 0 Å². The summed E-state index contributed by atoms with van der Waals surface area (Å²) in [4.78, 5) is 2.27. The number of likely N-dealkylation sites (N-methyl/N-ethyl adjacent to an activating group) is 1. The third-order valence-electron chi connectivity index (χ3n) is 3.14. The van der Waals surface area contributed by atoms with E-state index < -0.39 is 0 Å². The molecule has 0 aromatic heterocycles. The Kier molecular flexibility index (Phi) is 6.01. The molecule has 0 fully saturated rings. The molecule has 0 spiro atoms. The molecule has 0 amide bonds. The van der Waals surface area contributed by atoms with Gasteiger partial charge in [-0.15, -0.1) is 0 Å². The summed E-state index contributed by atoms with van der Waals surface area (Å²) in [6.45, 7) is 7.32. The Balaban J connectivity index is 2.52. The van der Waals surface area contributed by atoms with Gasteiger partial charge < -0.3 is 15.3 Å². The lowest BCUT2D eigenvalue weighted by Gasteiger charge is -2.20. The molecule has 96 valence electrons. The normalized spacial score (nSPS) is 12.9. The lowest BCUT2D eigenvalue weighted by atomic mass is 10.0. The second kappa shape index (κ2) is 7.30. The van der Waals surface area contributed by atoms with Gasteiger partial charge in [0.15, 0.2) is 0 Å². The van der Waals surface area contributed by atoms with E-state index >= 15 is 0 Å². The monoisotopic (exact) mass is 236 g/mol. The van der Waals surface area contributed by atoms with Crippen LogP contribution >= 0.6 is 0 Å². The quantitative estimate of drug-likeness (QED) is 0.763. The van der Waals surface area contributed by atoms with Gasteiger partial charge in [0, 0.05) is 24.7 Å². The topological polar surface area (TPSA) is 35.5 Å². The van der Waals surface area contributed by atoms with Crippen molar-refractivity contribution in [2.24, 2.45) is 0 Å². The second-order valence-electron chi connectivity index (χ2n) is 4.37. The van der Waals surface area contributed by atoms with Gasteiger partial charge in [0.25, 0.3) is 0 Å². The van der Waals surface area contributed by atoms with Crippen molar-refractivity contribution in [1.82, 2.24) is 10.2 Å². The molecule has 0 saturated carbocycles. The SMILES string of the molecule is CCC(NCCN(C)CC)c1ccccc1O. The summed E-state index contributed by atoms with van der Waals surface area (Å²) < 4.78 is 0. The Morgan fingerprint density at radius 2 is 2.00 bits per heavy atom. The van der Waals surface area contributed by atoms with Crippen LogP contribution in [0, 0.1) is 0 Å². The Morgan fingerprint density at radius 1 is 1.29 bits per heavy atom. The molecule has 3 nitrogen and oxygen atoms in total. The van der Waals surface area contributed by atoms with Crippen LogP contribution in [0.25, 0.3) is 0 Å². The molecule has 17 heavy (non-hydrogen) atoms. The third-order valence-corrected chi connectivity index (χ3v) is 3.14. The van der Waals surface area contributed by atoms with E-state index in [0.717, 1.165) is 31.6 Å². The first-order valence-electron chi connectivity index (χ1n) is 6.38. The van der Waals surface area contributed by atoms with E-state index in [-0.39, 0.29) is 6.04 Å². The molecule has 0 saturated heterocycles. The van der Waals surface area contributed by atoms with Crippen LogP contribution in [-0.2, 0) is 0 Å². The van der Waals surface area contributed by atoms with Crippen LogP contribution < -0.4 is 5.32 Å². The largest absolute Gasteiger partial charge is 0.508 e. The number of phenols is 1. The average Bonchev–Trinajstić information content (AvgIpc) is 2.35. The zero-order valence-corrected chi connectivity index (χ0v) is 11.1. The maximum absolute atomic E-state index is 9.82. The molecule has 1 aromatic carbocycles. The van der Waals surface area contributed by atoms with Crippen molar-refractivity contribution in [1.29, 1.82) is 0 Å². The standard InChI is InChI=1S/C14H24N2O/c1-4-13(15-10-11-16(3)5-2)12-8-6-7-9-14(12)17/h6-9,13,15,17H,4-5,10-11H2,1-3H3. The first-order valence-corrected chi connectivity index (χ1v) is 6.38. The lowest BCUT2D eigenvalue weighted by Crippen LogP contribution is -2.31. The summed E-state index contributed by atoms with van der Waals surface area (Å²) >= 11 is 0. The van der Waals surface area contributed by atoms with Crippen molar-refractivity contribution >= 4 is 0 Å². The minimum atomic E-state index is 0.237. The van der Waals surface area contributed by atoms with Gasteiger partial charge in [-0.05, 0) is 26.1 Å². The number of para-hydroxylation sites is 1. The van der Waals surface area contributed by atoms with Crippen molar-refractivity contribution in [3.05, 3.63) is 29.8 Å². The zero-order chi connectivity index (χ0) is 12.7. The number of benzene rings is 1. The lowest BCUT2D eigenvalue weighted by molar-refractivity contribution is 0.336. The molecule has 0 heterocycles. The van der Waals surface area contributed by atoms with Gasteiger partial charge in [0.05, 0.1) is 0 Å². The molecule has 0 radical (unpaired) electrons. The number of rotatable bonds is 7. The molecule has 1 atom stereocenters. The molecular formula is C14H24N2O. The molecule has 0 bridgehead atoms. The minimum absolute atomic E-state index is 0.237. The van der Waals surface area contributed by atoms with Crippen LogP contribution in [0.4, 0.5) is 0 Å². The Labute approximate surface area is 104 Å². The molecule has 2 N–H and O–H groups in total. The van der Waals surface area contributed by atoms with Gasteiger partial charge in [0.2, 0.25) is 0 Å². The van der Waals surface area contributed by atoms with Gasteiger partial charge in [0.1, 0.15) is 5.75 Å². The molecule has 1 rings (SSSR count). The van der Waals surface area contributed by atoms with Gasteiger partial charge in [-0.25, -0.2) is 0 Å². The van der Waals surface area contributed by atoms with Crippen LogP contribution in [0.15, 0.2) is 24.3 Å². The smallest absolute Gasteiger partial charge is 0.120 e. The van der Waals surface area contributed by atoms with E-state index in [2.05, 4.69) is 31.1 Å². The molecule has 0 aliphatic rings. The van der Waals surface area contributed by atoms with Gasteiger partial charge in [-0.3, -0.25) is 0 Å². The Hall–Kier alpha value is -1.06.